The van der Waals surface area contributed by atoms with Gasteiger partial charge < -0.3 is 10.6 Å². The SMILES string of the molecule is CC1(C)CCCNC1CNC(=O)c1c(F)cccc1Cl. The maximum Gasteiger partial charge on any atom is 0.255 e. The van der Waals surface area contributed by atoms with Crippen molar-refractivity contribution in [2.24, 2.45) is 5.41 Å². The standard InChI is InChI=1S/C15H20ClFN2O/c1-15(2)7-4-8-18-12(15)9-19-14(20)13-10(16)5-3-6-11(13)17/h3,5-6,12,18H,4,7-9H2,1-2H3,(H,19,20). The third-order valence-electron chi connectivity index (χ3n) is 3.99. The largest absolute Gasteiger partial charge is 0.350 e. The first-order valence-electron chi connectivity index (χ1n) is 6.87. The highest BCUT2D eigenvalue weighted by Crippen LogP contribution is 2.29. The van der Waals surface area contributed by atoms with Gasteiger partial charge in [-0.1, -0.05) is 31.5 Å². The van der Waals surface area contributed by atoms with E-state index < -0.39 is 11.7 Å². The molecule has 1 amide bonds. The number of halogens is 2. The molecule has 1 aliphatic heterocycles. The molecule has 0 bridgehead atoms. The molecule has 2 N–H and O–H groups in total. The van der Waals surface area contributed by atoms with Gasteiger partial charge in [0.2, 0.25) is 0 Å². The lowest BCUT2D eigenvalue weighted by Gasteiger charge is -2.39. The first-order chi connectivity index (χ1) is 9.42. The van der Waals surface area contributed by atoms with Crippen LogP contribution in [0.4, 0.5) is 4.39 Å². The maximum absolute atomic E-state index is 13.7. The van der Waals surface area contributed by atoms with E-state index in [0.717, 1.165) is 19.4 Å². The summed E-state index contributed by atoms with van der Waals surface area (Å²) in [6.45, 7) is 5.76. The Balaban J connectivity index is 2.02. The number of carbonyl (C=O) groups is 1. The second-order valence-electron chi connectivity index (χ2n) is 5.91. The zero-order valence-electron chi connectivity index (χ0n) is 11.8. The van der Waals surface area contributed by atoms with Gasteiger partial charge in [-0.2, -0.15) is 0 Å². The van der Waals surface area contributed by atoms with Crippen LogP contribution in [0.1, 0.15) is 37.0 Å². The average Bonchev–Trinajstić information content (AvgIpc) is 2.36. The van der Waals surface area contributed by atoms with Crippen molar-refractivity contribution in [3.8, 4) is 0 Å². The van der Waals surface area contributed by atoms with E-state index in [2.05, 4.69) is 24.5 Å². The molecule has 2 rings (SSSR count). The van der Waals surface area contributed by atoms with Crippen LogP contribution in [0, 0.1) is 11.2 Å². The van der Waals surface area contributed by atoms with Crippen LogP contribution in [0.15, 0.2) is 18.2 Å². The Morgan fingerprint density at radius 3 is 2.95 bits per heavy atom. The van der Waals surface area contributed by atoms with E-state index in [0.29, 0.717) is 6.54 Å². The number of piperidine rings is 1. The monoisotopic (exact) mass is 298 g/mol. The molecule has 1 unspecified atom stereocenters. The topological polar surface area (TPSA) is 41.1 Å². The molecule has 3 nitrogen and oxygen atoms in total. The molecule has 0 aliphatic carbocycles. The number of hydrogen-bond acceptors (Lipinski definition) is 2. The summed E-state index contributed by atoms with van der Waals surface area (Å²) >= 11 is 5.89. The summed E-state index contributed by atoms with van der Waals surface area (Å²) in [6.07, 6.45) is 2.25. The molecule has 1 heterocycles. The fourth-order valence-electron chi connectivity index (χ4n) is 2.62. The van der Waals surface area contributed by atoms with E-state index >= 15 is 0 Å². The lowest BCUT2D eigenvalue weighted by molar-refractivity contribution is 0.0925. The van der Waals surface area contributed by atoms with E-state index in [1.807, 2.05) is 0 Å². The lowest BCUT2D eigenvalue weighted by atomic mass is 9.77. The third-order valence-corrected chi connectivity index (χ3v) is 4.30. The Labute approximate surface area is 123 Å². The van der Waals surface area contributed by atoms with Gasteiger partial charge in [-0.05, 0) is 36.9 Å². The summed E-state index contributed by atoms with van der Waals surface area (Å²) in [4.78, 5) is 12.1. The van der Waals surface area contributed by atoms with Crippen molar-refractivity contribution in [3.05, 3.63) is 34.6 Å². The summed E-state index contributed by atoms with van der Waals surface area (Å²) in [6, 6.07) is 4.43. The predicted molar refractivity (Wildman–Crippen MR) is 78.5 cm³/mol. The first-order valence-corrected chi connectivity index (χ1v) is 7.25. The zero-order valence-corrected chi connectivity index (χ0v) is 12.6. The van der Waals surface area contributed by atoms with E-state index in [1.54, 1.807) is 0 Å². The molecular weight excluding hydrogens is 279 g/mol. The van der Waals surface area contributed by atoms with Crippen molar-refractivity contribution in [1.82, 2.24) is 10.6 Å². The number of hydrogen-bond donors (Lipinski definition) is 2. The molecule has 0 radical (unpaired) electrons. The average molecular weight is 299 g/mol. The van der Waals surface area contributed by atoms with Gasteiger partial charge in [0.25, 0.3) is 5.91 Å². The van der Waals surface area contributed by atoms with E-state index in [4.69, 9.17) is 11.6 Å². The fraction of sp³-hybridized carbons (Fsp3) is 0.533. The van der Waals surface area contributed by atoms with Crippen molar-refractivity contribution < 1.29 is 9.18 Å². The van der Waals surface area contributed by atoms with Crippen LogP contribution in [-0.2, 0) is 0 Å². The van der Waals surface area contributed by atoms with Crippen LogP contribution in [0.5, 0.6) is 0 Å². The molecule has 1 aromatic carbocycles. The predicted octanol–water partition coefficient (Wildman–Crippen LogP) is 2.99. The Hall–Kier alpha value is -1.13. The van der Waals surface area contributed by atoms with Crippen molar-refractivity contribution in [2.45, 2.75) is 32.7 Å². The number of benzene rings is 1. The molecular formula is C15H20ClFN2O. The number of nitrogens with one attached hydrogen (secondary N) is 2. The Bertz CT molecular complexity index is 484. The van der Waals surface area contributed by atoms with Crippen LogP contribution >= 0.6 is 11.6 Å². The smallest absolute Gasteiger partial charge is 0.255 e. The minimum atomic E-state index is -0.592. The summed E-state index contributed by atoms with van der Waals surface area (Å²) in [5, 5.41) is 6.32. The Morgan fingerprint density at radius 2 is 2.30 bits per heavy atom. The molecule has 1 aromatic rings. The molecule has 5 heteroatoms. The molecule has 0 aromatic heterocycles. The Morgan fingerprint density at radius 1 is 1.55 bits per heavy atom. The molecule has 20 heavy (non-hydrogen) atoms. The van der Waals surface area contributed by atoms with E-state index in [-0.39, 0.29) is 22.0 Å². The highest BCUT2D eigenvalue weighted by atomic mass is 35.5. The summed E-state index contributed by atoms with van der Waals surface area (Å²) in [5.41, 5.74) is 0.0349. The number of rotatable bonds is 3. The fourth-order valence-corrected chi connectivity index (χ4v) is 2.87. The van der Waals surface area contributed by atoms with Crippen molar-refractivity contribution in [1.29, 1.82) is 0 Å². The molecule has 110 valence electrons. The van der Waals surface area contributed by atoms with Crippen molar-refractivity contribution in [2.75, 3.05) is 13.1 Å². The highest BCUT2D eigenvalue weighted by molar-refractivity contribution is 6.33. The van der Waals surface area contributed by atoms with Gasteiger partial charge in [-0.15, -0.1) is 0 Å². The van der Waals surface area contributed by atoms with Crippen LogP contribution in [-0.4, -0.2) is 25.0 Å². The number of amides is 1. The van der Waals surface area contributed by atoms with Crippen LogP contribution in [0.2, 0.25) is 5.02 Å². The minimum absolute atomic E-state index is 0.0808. The minimum Gasteiger partial charge on any atom is -0.350 e. The Kier molecular flexibility index (Phi) is 4.66. The maximum atomic E-state index is 13.7. The molecule has 1 saturated heterocycles. The van der Waals surface area contributed by atoms with Crippen molar-refractivity contribution in [3.63, 3.8) is 0 Å². The van der Waals surface area contributed by atoms with Crippen molar-refractivity contribution >= 4 is 17.5 Å². The zero-order chi connectivity index (χ0) is 14.8. The second-order valence-corrected chi connectivity index (χ2v) is 6.31. The second kappa shape index (κ2) is 6.10. The van der Waals surface area contributed by atoms with Crippen LogP contribution in [0.3, 0.4) is 0 Å². The van der Waals surface area contributed by atoms with Gasteiger partial charge in [-0.3, -0.25) is 4.79 Å². The quantitative estimate of drug-likeness (QED) is 0.901. The van der Waals surface area contributed by atoms with Gasteiger partial charge in [0, 0.05) is 12.6 Å². The first kappa shape index (κ1) is 15.3. The lowest BCUT2D eigenvalue weighted by Crippen LogP contribution is -2.52. The summed E-state index contributed by atoms with van der Waals surface area (Å²) < 4.78 is 13.7. The van der Waals surface area contributed by atoms with Gasteiger partial charge in [0.15, 0.2) is 0 Å². The number of carbonyl (C=O) groups excluding carboxylic acids is 1. The van der Waals surface area contributed by atoms with E-state index in [9.17, 15) is 9.18 Å². The molecule has 1 aliphatic rings. The molecule has 0 spiro atoms. The third kappa shape index (κ3) is 3.30. The van der Waals surface area contributed by atoms with Crippen LogP contribution < -0.4 is 10.6 Å². The summed E-state index contributed by atoms with van der Waals surface area (Å²) in [7, 11) is 0. The molecule has 1 fully saturated rings. The molecule has 1 atom stereocenters. The van der Waals surface area contributed by atoms with Gasteiger partial charge in [0.1, 0.15) is 5.82 Å². The highest BCUT2D eigenvalue weighted by Gasteiger charge is 2.32. The molecule has 0 saturated carbocycles. The van der Waals surface area contributed by atoms with Crippen LogP contribution in [0.25, 0.3) is 0 Å². The van der Waals surface area contributed by atoms with Gasteiger partial charge in [-0.25, -0.2) is 4.39 Å². The van der Waals surface area contributed by atoms with Gasteiger partial charge >= 0.3 is 0 Å². The normalized spacial score (nSPS) is 21.5. The summed E-state index contributed by atoms with van der Waals surface area (Å²) in [5.74, 6) is -1.05. The van der Waals surface area contributed by atoms with Gasteiger partial charge in [0.05, 0.1) is 10.6 Å². The van der Waals surface area contributed by atoms with E-state index in [1.165, 1.54) is 18.2 Å².